The molecule has 0 radical (unpaired) electrons. The van der Waals surface area contributed by atoms with Crippen molar-refractivity contribution in [3.8, 4) is 22.8 Å². The molecule has 0 N–H and O–H groups in total. The Kier molecular flexibility index (Phi) is 4.77. The van der Waals surface area contributed by atoms with E-state index in [1.807, 2.05) is 39.8 Å². The summed E-state index contributed by atoms with van der Waals surface area (Å²) < 4.78 is 17.6. The van der Waals surface area contributed by atoms with Crippen molar-refractivity contribution < 1.29 is 19.0 Å². The summed E-state index contributed by atoms with van der Waals surface area (Å²) in [6.07, 6.45) is 5.22. The van der Waals surface area contributed by atoms with Gasteiger partial charge in [0.05, 0.1) is 27.0 Å². The van der Waals surface area contributed by atoms with E-state index in [9.17, 15) is 4.79 Å². The predicted molar refractivity (Wildman–Crippen MR) is 104 cm³/mol. The van der Waals surface area contributed by atoms with Gasteiger partial charge in [-0.3, -0.25) is 4.40 Å². The minimum atomic E-state index is -0.344. The van der Waals surface area contributed by atoms with Crippen molar-refractivity contribution in [3.05, 3.63) is 36.7 Å². The van der Waals surface area contributed by atoms with Crippen molar-refractivity contribution in [1.29, 1.82) is 0 Å². The number of imidazole rings is 1. The fourth-order valence-electron chi connectivity index (χ4n) is 3.64. The Morgan fingerprint density at radius 3 is 2.71 bits per heavy atom. The molecule has 1 atom stereocenters. The number of hydrogen-bond acceptors (Lipinski definition) is 7. The maximum atomic E-state index is 12.2. The van der Waals surface area contributed by atoms with Crippen molar-refractivity contribution in [2.24, 2.45) is 0 Å². The summed E-state index contributed by atoms with van der Waals surface area (Å²) in [4.78, 5) is 23.5. The molecule has 8 nitrogen and oxygen atoms in total. The summed E-state index contributed by atoms with van der Waals surface area (Å²) in [5.74, 6) is 1.70. The molecule has 2 aromatic heterocycles. The van der Waals surface area contributed by atoms with Crippen LogP contribution in [0, 0.1) is 0 Å². The van der Waals surface area contributed by atoms with E-state index in [1.54, 1.807) is 20.4 Å². The summed E-state index contributed by atoms with van der Waals surface area (Å²) in [6, 6.07) is 7.22. The van der Waals surface area contributed by atoms with Crippen LogP contribution in [-0.2, 0) is 9.53 Å². The summed E-state index contributed by atoms with van der Waals surface area (Å²) in [5.41, 5.74) is 2.37. The molecule has 8 heteroatoms. The van der Waals surface area contributed by atoms with Crippen molar-refractivity contribution in [2.45, 2.75) is 18.9 Å². The lowest BCUT2D eigenvalue weighted by Gasteiger charge is -2.25. The standard InChI is InChI=1S/C20H22N4O4/c1-26-16-7-6-13(11-17(16)27-2)14-12-18-21-8-10-24(18)20(22-14)23-9-4-5-15(23)19(25)28-3/h6-8,10-12,15H,4-5,9H2,1-3H3/t15-/m0/s1. The summed E-state index contributed by atoms with van der Waals surface area (Å²) >= 11 is 0. The number of carbonyl (C=O) groups excluding carboxylic acids is 1. The number of rotatable bonds is 5. The van der Waals surface area contributed by atoms with E-state index >= 15 is 0 Å². The zero-order valence-corrected chi connectivity index (χ0v) is 16.1. The number of benzene rings is 1. The van der Waals surface area contributed by atoms with Crippen LogP contribution >= 0.6 is 0 Å². The molecule has 0 aliphatic carbocycles. The number of ether oxygens (including phenoxy) is 3. The van der Waals surface area contributed by atoms with Crippen LogP contribution < -0.4 is 14.4 Å². The molecule has 146 valence electrons. The fourth-order valence-corrected chi connectivity index (χ4v) is 3.64. The first-order valence-electron chi connectivity index (χ1n) is 9.07. The first-order valence-corrected chi connectivity index (χ1v) is 9.07. The van der Waals surface area contributed by atoms with E-state index in [4.69, 9.17) is 19.2 Å². The second-order valence-corrected chi connectivity index (χ2v) is 6.54. The van der Waals surface area contributed by atoms with Gasteiger partial charge >= 0.3 is 5.97 Å². The topological polar surface area (TPSA) is 78.2 Å². The Bertz CT molecular complexity index is 1020. The number of aromatic nitrogens is 3. The molecule has 3 aromatic rings. The lowest BCUT2D eigenvalue weighted by atomic mass is 10.1. The number of anilines is 1. The average molecular weight is 382 g/mol. The normalized spacial score (nSPS) is 16.4. The van der Waals surface area contributed by atoms with E-state index in [0.29, 0.717) is 17.4 Å². The Labute approximate surface area is 162 Å². The van der Waals surface area contributed by atoms with E-state index < -0.39 is 0 Å². The third kappa shape index (κ3) is 3.00. The first kappa shape index (κ1) is 18.1. The minimum absolute atomic E-state index is 0.246. The predicted octanol–water partition coefficient (Wildman–Crippen LogP) is 2.56. The smallest absolute Gasteiger partial charge is 0.328 e. The molecule has 0 amide bonds. The van der Waals surface area contributed by atoms with Gasteiger partial charge in [0.25, 0.3) is 0 Å². The largest absolute Gasteiger partial charge is 0.493 e. The van der Waals surface area contributed by atoms with Crippen LogP contribution in [0.4, 0.5) is 5.95 Å². The Hall–Kier alpha value is -3.29. The molecule has 4 rings (SSSR count). The lowest BCUT2D eigenvalue weighted by molar-refractivity contribution is -0.141. The van der Waals surface area contributed by atoms with Gasteiger partial charge in [0.1, 0.15) is 11.7 Å². The van der Waals surface area contributed by atoms with Gasteiger partial charge in [0.2, 0.25) is 5.95 Å². The van der Waals surface area contributed by atoms with Gasteiger partial charge in [-0.2, -0.15) is 0 Å². The number of nitrogens with zero attached hydrogens (tertiary/aromatic N) is 4. The molecule has 1 aromatic carbocycles. The third-order valence-electron chi connectivity index (χ3n) is 5.03. The number of hydrogen-bond donors (Lipinski definition) is 0. The Balaban J connectivity index is 1.83. The van der Waals surface area contributed by atoms with Crippen LogP contribution in [-0.4, -0.2) is 54.3 Å². The molecular weight excluding hydrogens is 360 g/mol. The first-order chi connectivity index (χ1) is 13.7. The highest BCUT2D eigenvalue weighted by Gasteiger charge is 2.34. The lowest BCUT2D eigenvalue weighted by Crippen LogP contribution is -2.38. The van der Waals surface area contributed by atoms with Crippen molar-refractivity contribution >= 4 is 17.6 Å². The molecule has 0 bridgehead atoms. The second-order valence-electron chi connectivity index (χ2n) is 6.54. The summed E-state index contributed by atoms with van der Waals surface area (Å²) in [6.45, 7) is 0.732. The highest BCUT2D eigenvalue weighted by Crippen LogP contribution is 2.34. The van der Waals surface area contributed by atoms with Crippen LogP contribution in [0.25, 0.3) is 16.9 Å². The highest BCUT2D eigenvalue weighted by atomic mass is 16.5. The Morgan fingerprint density at radius 2 is 1.96 bits per heavy atom. The molecule has 1 aliphatic heterocycles. The highest BCUT2D eigenvalue weighted by molar-refractivity contribution is 5.80. The van der Waals surface area contributed by atoms with Crippen LogP contribution in [0.2, 0.25) is 0 Å². The van der Waals surface area contributed by atoms with Crippen LogP contribution in [0.5, 0.6) is 11.5 Å². The van der Waals surface area contributed by atoms with E-state index in [-0.39, 0.29) is 12.0 Å². The molecule has 28 heavy (non-hydrogen) atoms. The number of carbonyl (C=O) groups is 1. The van der Waals surface area contributed by atoms with Crippen LogP contribution in [0.1, 0.15) is 12.8 Å². The molecule has 1 aliphatic rings. The van der Waals surface area contributed by atoms with Gasteiger partial charge in [0.15, 0.2) is 11.5 Å². The molecule has 0 spiro atoms. The third-order valence-corrected chi connectivity index (χ3v) is 5.03. The van der Waals surface area contributed by atoms with Crippen molar-refractivity contribution in [2.75, 3.05) is 32.8 Å². The number of fused-ring (bicyclic) bond motifs is 1. The monoisotopic (exact) mass is 382 g/mol. The summed E-state index contributed by atoms with van der Waals surface area (Å²) in [5, 5.41) is 0. The van der Waals surface area contributed by atoms with Gasteiger partial charge in [0, 0.05) is 30.6 Å². The average Bonchev–Trinajstić information content (AvgIpc) is 3.41. The van der Waals surface area contributed by atoms with Crippen molar-refractivity contribution in [3.63, 3.8) is 0 Å². The quantitative estimate of drug-likeness (QED) is 0.628. The maximum Gasteiger partial charge on any atom is 0.328 e. The van der Waals surface area contributed by atoms with Crippen LogP contribution in [0.3, 0.4) is 0 Å². The van der Waals surface area contributed by atoms with Gasteiger partial charge in [-0.15, -0.1) is 0 Å². The maximum absolute atomic E-state index is 12.2. The van der Waals surface area contributed by atoms with Gasteiger partial charge < -0.3 is 19.1 Å². The van der Waals surface area contributed by atoms with Gasteiger partial charge in [-0.05, 0) is 31.0 Å². The van der Waals surface area contributed by atoms with E-state index in [0.717, 1.165) is 36.3 Å². The van der Waals surface area contributed by atoms with E-state index in [2.05, 4.69) is 4.98 Å². The molecule has 1 saturated heterocycles. The molecule has 0 unspecified atom stereocenters. The molecule has 3 heterocycles. The van der Waals surface area contributed by atoms with Gasteiger partial charge in [-0.25, -0.2) is 14.8 Å². The van der Waals surface area contributed by atoms with Crippen LogP contribution in [0.15, 0.2) is 36.7 Å². The summed E-state index contributed by atoms with van der Waals surface area (Å²) in [7, 11) is 4.62. The zero-order chi connectivity index (χ0) is 19.7. The van der Waals surface area contributed by atoms with Crippen molar-refractivity contribution in [1.82, 2.24) is 14.4 Å². The molecule has 1 fully saturated rings. The Morgan fingerprint density at radius 1 is 1.14 bits per heavy atom. The second kappa shape index (κ2) is 7.38. The fraction of sp³-hybridized carbons (Fsp3) is 0.350. The van der Waals surface area contributed by atoms with E-state index in [1.165, 1.54) is 7.11 Å². The molecule has 0 saturated carbocycles. The van der Waals surface area contributed by atoms with Gasteiger partial charge in [-0.1, -0.05) is 0 Å². The molecular formula is C20H22N4O4. The SMILES string of the molecule is COC(=O)[C@@H]1CCCN1c1nc(-c2ccc(OC)c(OC)c2)cc2nccn12. The number of methoxy groups -OCH3 is 3. The zero-order valence-electron chi connectivity index (χ0n) is 16.1. The number of esters is 1. The minimum Gasteiger partial charge on any atom is -0.493 e.